The van der Waals surface area contributed by atoms with E-state index in [0.29, 0.717) is 35.4 Å². The molecule has 0 atom stereocenters. The standard InChI is InChI=1S/C23H21ClN4O3/c1-31-20-9-7-16(13-19(20)24)14-22(29)26-17-8-10-21(25-15-17)28-12-11-27(23(28)30)18-5-3-2-4-6-18/h2-10,13,15H,11-12,14H2,1H3,(H,26,29). The third kappa shape index (κ3) is 4.62. The molecule has 31 heavy (non-hydrogen) atoms. The number of aromatic nitrogens is 1. The smallest absolute Gasteiger partial charge is 0.330 e. The lowest BCUT2D eigenvalue weighted by molar-refractivity contribution is -0.115. The Hall–Kier alpha value is -3.58. The third-order valence-electron chi connectivity index (χ3n) is 4.97. The maximum atomic E-state index is 12.8. The fourth-order valence-corrected chi connectivity index (χ4v) is 3.71. The summed E-state index contributed by atoms with van der Waals surface area (Å²) in [5.41, 5.74) is 2.19. The first kappa shape index (κ1) is 20.7. The fourth-order valence-electron chi connectivity index (χ4n) is 3.43. The van der Waals surface area contributed by atoms with Crippen molar-refractivity contribution in [3.8, 4) is 5.75 Å². The number of para-hydroxylation sites is 1. The number of rotatable bonds is 6. The van der Waals surface area contributed by atoms with Gasteiger partial charge in [0.2, 0.25) is 5.91 Å². The molecule has 1 N–H and O–H groups in total. The lowest BCUT2D eigenvalue weighted by atomic mass is 10.1. The van der Waals surface area contributed by atoms with E-state index in [9.17, 15) is 9.59 Å². The van der Waals surface area contributed by atoms with Crippen LogP contribution in [0.25, 0.3) is 0 Å². The summed E-state index contributed by atoms with van der Waals surface area (Å²) in [7, 11) is 1.54. The van der Waals surface area contributed by atoms with Gasteiger partial charge in [-0.2, -0.15) is 0 Å². The fraction of sp³-hybridized carbons (Fsp3) is 0.174. The number of carbonyl (C=O) groups is 2. The lowest BCUT2D eigenvalue weighted by Gasteiger charge is -2.18. The Morgan fingerprint density at radius 1 is 1.10 bits per heavy atom. The molecule has 2 heterocycles. The average molecular weight is 437 g/mol. The van der Waals surface area contributed by atoms with Crippen molar-refractivity contribution >= 4 is 40.7 Å². The topological polar surface area (TPSA) is 74.8 Å². The van der Waals surface area contributed by atoms with E-state index in [1.54, 1.807) is 53.4 Å². The van der Waals surface area contributed by atoms with Crippen molar-refractivity contribution in [3.05, 3.63) is 77.4 Å². The van der Waals surface area contributed by atoms with Crippen molar-refractivity contribution in [2.75, 3.05) is 35.3 Å². The van der Waals surface area contributed by atoms with Gasteiger partial charge in [0.25, 0.3) is 0 Å². The number of hydrogen-bond donors (Lipinski definition) is 1. The minimum absolute atomic E-state index is 0.119. The molecule has 158 valence electrons. The molecule has 0 spiro atoms. The normalized spacial score (nSPS) is 13.4. The van der Waals surface area contributed by atoms with Gasteiger partial charge < -0.3 is 10.1 Å². The molecular weight excluding hydrogens is 416 g/mol. The van der Waals surface area contributed by atoms with Crippen molar-refractivity contribution in [2.24, 2.45) is 0 Å². The zero-order valence-electron chi connectivity index (χ0n) is 16.9. The van der Waals surface area contributed by atoms with E-state index in [1.165, 1.54) is 0 Å². The molecule has 1 fully saturated rings. The summed E-state index contributed by atoms with van der Waals surface area (Å²) >= 11 is 6.11. The van der Waals surface area contributed by atoms with E-state index in [-0.39, 0.29) is 18.4 Å². The summed E-state index contributed by atoms with van der Waals surface area (Å²) in [6.07, 6.45) is 1.72. The number of benzene rings is 2. The van der Waals surface area contributed by atoms with Crippen LogP contribution < -0.4 is 19.9 Å². The van der Waals surface area contributed by atoms with E-state index in [4.69, 9.17) is 16.3 Å². The van der Waals surface area contributed by atoms with Crippen LogP contribution in [0.1, 0.15) is 5.56 Å². The van der Waals surface area contributed by atoms with Gasteiger partial charge in [-0.3, -0.25) is 14.6 Å². The SMILES string of the molecule is COc1ccc(CC(=O)Nc2ccc(N3CCN(c4ccccc4)C3=O)nc2)cc1Cl. The number of carbonyl (C=O) groups excluding carboxylic acids is 2. The maximum Gasteiger partial charge on any atom is 0.330 e. The van der Waals surface area contributed by atoms with Crippen LogP contribution >= 0.6 is 11.6 Å². The summed E-state index contributed by atoms with van der Waals surface area (Å²) in [5, 5.41) is 3.27. The second-order valence-electron chi connectivity index (χ2n) is 7.02. The van der Waals surface area contributed by atoms with Gasteiger partial charge >= 0.3 is 6.03 Å². The first-order chi connectivity index (χ1) is 15.0. The second kappa shape index (κ2) is 9.06. The lowest BCUT2D eigenvalue weighted by Crippen LogP contribution is -2.32. The number of pyridine rings is 1. The highest BCUT2D eigenvalue weighted by molar-refractivity contribution is 6.32. The molecule has 4 rings (SSSR count). The van der Waals surface area contributed by atoms with Gasteiger partial charge in [0.1, 0.15) is 11.6 Å². The predicted molar refractivity (Wildman–Crippen MR) is 121 cm³/mol. The van der Waals surface area contributed by atoms with Crippen LogP contribution in [0, 0.1) is 0 Å². The third-order valence-corrected chi connectivity index (χ3v) is 5.26. The van der Waals surface area contributed by atoms with E-state index >= 15 is 0 Å². The van der Waals surface area contributed by atoms with Gasteiger partial charge in [0, 0.05) is 18.8 Å². The number of anilines is 3. The molecule has 8 heteroatoms. The minimum Gasteiger partial charge on any atom is -0.495 e. The molecule has 7 nitrogen and oxygen atoms in total. The summed E-state index contributed by atoms with van der Waals surface area (Å²) in [6.45, 7) is 1.14. The van der Waals surface area contributed by atoms with Crippen LogP contribution in [-0.2, 0) is 11.2 Å². The number of methoxy groups -OCH3 is 1. The first-order valence-electron chi connectivity index (χ1n) is 9.77. The monoisotopic (exact) mass is 436 g/mol. The van der Waals surface area contributed by atoms with Crippen molar-refractivity contribution < 1.29 is 14.3 Å². The second-order valence-corrected chi connectivity index (χ2v) is 7.43. The largest absolute Gasteiger partial charge is 0.495 e. The Kier molecular flexibility index (Phi) is 6.04. The van der Waals surface area contributed by atoms with E-state index in [2.05, 4.69) is 10.3 Å². The van der Waals surface area contributed by atoms with Crippen LogP contribution in [0.4, 0.5) is 22.0 Å². The Morgan fingerprint density at radius 3 is 2.55 bits per heavy atom. The van der Waals surface area contributed by atoms with Crippen molar-refractivity contribution in [1.82, 2.24) is 4.98 Å². The highest BCUT2D eigenvalue weighted by Crippen LogP contribution is 2.26. The summed E-state index contributed by atoms with van der Waals surface area (Å²) in [6, 6.07) is 18.1. The van der Waals surface area contributed by atoms with Gasteiger partial charge in [-0.25, -0.2) is 9.78 Å². The van der Waals surface area contributed by atoms with Gasteiger partial charge in [0.15, 0.2) is 0 Å². The van der Waals surface area contributed by atoms with Crippen LogP contribution in [0.3, 0.4) is 0 Å². The summed E-state index contributed by atoms with van der Waals surface area (Å²) in [4.78, 5) is 32.8. The Bertz CT molecular complexity index is 1090. The highest BCUT2D eigenvalue weighted by Gasteiger charge is 2.31. The molecule has 3 amide bonds. The summed E-state index contributed by atoms with van der Waals surface area (Å²) in [5.74, 6) is 0.916. The van der Waals surface area contributed by atoms with Crippen molar-refractivity contribution in [2.45, 2.75) is 6.42 Å². The molecule has 1 aliphatic rings. The maximum absolute atomic E-state index is 12.8. The van der Waals surface area contributed by atoms with Crippen LogP contribution in [-0.4, -0.2) is 37.1 Å². The Balaban J connectivity index is 1.38. The highest BCUT2D eigenvalue weighted by atomic mass is 35.5. The molecule has 1 saturated heterocycles. The number of nitrogens with one attached hydrogen (secondary N) is 1. The molecular formula is C23H21ClN4O3. The molecule has 0 aliphatic carbocycles. The van der Waals surface area contributed by atoms with E-state index in [0.717, 1.165) is 11.3 Å². The van der Waals surface area contributed by atoms with Crippen LogP contribution in [0.15, 0.2) is 66.9 Å². The number of nitrogens with zero attached hydrogens (tertiary/aromatic N) is 3. The number of urea groups is 1. The zero-order valence-corrected chi connectivity index (χ0v) is 17.7. The predicted octanol–water partition coefficient (Wildman–Crippen LogP) is 4.37. The van der Waals surface area contributed by atoms with Gasteiger partial charge in [-0.1, -0.05) is 35.9 Å². The molecule has 2 aromatic carbocycles. The Labute approximate surface area is 185 Å². The zero-order chi connectivity index (χ0) is 21.8. The number of hydrogen-bond acceptors (Lipinski definition) is 4. The average Bonchev–Trinajstić information content (AvgIpc) is 3.16. The molecule has 1 aliphatic heterocycles. The Morgan fingerprint density at radius 2 is 1.87 bits per heavy atom. The first-order valence-corrected chi connectivity index (χ1v) is 10.2. The van der Waals surface area contributed by atoms with Crippen molar-refractivity contribution in [1.29, 1.82) is 0 Å². The van der Waals surface area contributed by atoms with Gasteiger partial charge in [-0.05, 0) is 42.0 Å². The molecule has 0 saturated carbocycles. The number of halogens is 1. The quantitative estimate of drug-likeness (QED) is 0.622. The van der Waals surface area contributed by atoms with Crippen molar-refractivity contribution in [3.63, 3.8) is 0 Å². The number of amides is 3. The van der Waals surface area contributed by atoms with E-state index < -0.39 is 0 Å². The molecule has 1 aromatic heterocycles. The number of ether oxygens (including phenoxy) is 1. The van der Waals surface area contributed by atoms with Crippen LogP contribution in [0.5, 0.6) is 5.75 Å². The summed E-state index contributed by atoms with van der Waals surface area (Å²) < 4.78 is 5.12. The van der Waals surface area contributed by atoms with Gasteiger partial charge in [0.05, 0.1) is 30.4 Å². The molecule has 0 radical (unpaired) electrons. The van der Waals surface area contributed by atoms with E-state index in [1.807, 2.05) is 30.3 Å². The molecule has 3 aromatic rings. The minimum atomic E-state index is -0.191. The van der Waals surface area contributed by atoms with Crippen LogP contribution in [0.2, 0.25) is 5.02 Å². The molecule has 0 unspecified atom stereocenters. The van der Waals surface area contributed by atoms with Gasteiger partial charge in [-0.15, -0.1) is 0 Å². The molecule has 0 bridgehead atoms.